The first-order valence-electron chi connectivity index (χ1n) is 6.28. The van der Waals surface area contributed by atoms with Gasteiger partial charge in [0, 0.05) is 0 Å². The molecule has 0 heterocycles. The van der Waals surface area contributed by atoms with E-state index >= 15 is 0 Å². The van der Waals surface area contributed by atoms with Gasteiger partial charge < -0.3 is 5.73 Å². The Labute approximate surface area is 118 Å². The molecule has 0 spiro atoms. The van der Waals surface area contributed by atoms with Crippen LogP contribution < -0.4 is 5.73 Å². The van der Waals surface area contributed by atoms with Gasteiger partial charge >= 0.3 is 0 Å². The quantitative estimate of drug-likeness (QED) is 0.696. The van der Waals surface area contributed by atoms with E-state index in [4.69, 9.17) is 5.73 Å². The van der Waals surface area contributed by atoms with Crippen molar-refractivity contribution in [2.24, 2.45) is 0 Å². The van der Waals surface area contributed by atoms with Crippen molar-refractivity contribution in [1.29, 1.82) is 0 Å². The fourth-order valence-corrected chi connectivity index (χ4v) is 3.45. The van der Waals surface area contributed by atoms with Gasteiger partial charge in [0.05, 0.1) is 16.3 Å². The number of aryl methyl sites for hydroxylation is 1. The van der Waals surface area contributed by atoms with Gasteiger partial charge in [-0.1, -0.05) is 31.2 Å². The third-order valence-corrected chi connectivity index (χ3v) is 4.85. The minimum absolute atomic E-state index is 0.0292. The lowest BCUT2D eigenvalue weighted by atomic mass is 10.1. The third-order valence-electron chi connectivity index (χ3n) is 3.09. The molecule has 2 aromatic rings. The second-order valence-corrected chi connectivity index (χ2v) is 6.57. The molecule has 0 saturated carbocycles. The van der Waals surface area contributed by atoms with Gasteiger partial charge in [-0.15, -0.1) is 0 Å². The molecular formula is C15H16FNO2S. The van der Waals surface area contributed by atoms with Crippen LogP contribution in [-0.4, -0.2) is 8.42 Å². The van der Waals surface area contributed by atoms with Crippen LogP contribution in [-0.2, 0) is 22.0 Å². The van der Waals surface area contributed by atoms with Crippen molar-refractivity contribution in [3.8, 4) is 0 Å². The number of hydrogen-bond acceptors (Lipinski definition) is 3. The SMILES string of the molecule is CCc1ccc(CS(=O)(=O)c2ccc(F)cc2N)cc1. The maximum atomic E-state index is 13.0. The van der Waals surface area contributed by atoms with Crippen molar-refractivity contribution in [1.82, 2.24) is 0 Å². The Kier molecular flexibility index (Phi) is 4.09. The number of sulfone groups is 1. The standard InChI is InChI=1S/C15H16FNO2S/c1-2-11-3-5-12(6-4-11)10-20(18,19)15-8-7-13(16)9-14(15)17/h3-9H,2,10,17H2,1H3. The molecule has 2 N–H and O–H groups in total. The van der Waals surface area contributed by atoms with Gasteiger partial charge in [-0.2, -0.15) is 0 Å². The largest absolute Gasteiger partial charge is 0.398 e. The van der Waals surface area contributed by atoms with Crippen LogP contribution in [0.4, 0.5) is 10.1 Å². The molecule has 106 valence electrons. The summed E-state index contributed by atoms with van der Waals surface area (Å²) in [4.78, 5) is -0.0292. The van der Waals surface area contributed by atoms with Crippen LogP contribution in [0.2, 0.25) is 0 Å². The highest BCUT2D eigenvalue weighted by molar-refractivity contribution is 7.90. The molecule has 0 aliphatic rings. The first-order valence-corrected chi connectivity index (χ1v) is 7.93. The number of halogens is 1. The van der Waals surface area contributed by atoms with Crippen molar-refractivity contribution >= 4 is 15.5 Å². The van der Waals surface area contributed by atoms with Crippen molar-refractivity contribution in [3.05, 3.63) is 59.4 Å². The first kappa shape index (κ1) is 14.5. The van der Waals surface area contributed by atoms with E-state index in [1.807, 2.05) is 19.1 Å². The van der Waals surface area contributed by atoms with E-state index in [-0.39, 0.29) is 16.3 Å². The highest BCUT2D eigenvalue weighted by atomic mass is 32.2. The van der Waals surface area contributed by atoms with Crippen molar-refractivity contribution in [2.45, 2.75) is 24.0 Å². The molecule has 20 heavy (non-hydrogen) atoms. The number of anilines is 1. The minimum Gasteiger partial charge on any atom is -0.398 e. The Morgan fingerprint density at radius 2 is 1.65 bits per heavy atom. The van der Waals surface area contributed by atoms with Crippen LogP contribution in [0.15, 0.2) is 47.4 Å². The molecule has 0 amide bonds. The molecule has 0 fully saturated rings. The summed E-state index contributed by atoms with van der Waals surface area (Å²) in [6.07, 6.45) is 0.901. The van der Waals surface area contributed by atoms with Crippen LogP contribution in [0.25, 0.3) is 0 Å². The van der Waals surface area contributed by atoms with E-state index in [0.29, 0.717) is 5.56 Å². The van der Waals surface area contributed by atoms with Crippen LogP contribution in [0.5, 0.6) is 0 Å². The number of benzene rings is 2. The smallest absolute Gasteiger partial charge is 0.184 e. The van der Waals surface area contributed by atoms with Crippen LogP contribution in [0, 0.1) is 5.82 Å². The predicted molar refractivity (Wildman–Crippen MR) is 77.5 cm³/mol. The fraction of sp³-hybridized carbons (Fsp3) is 0.200. The molecule has 2 aromatic carbocycles. The van der Waals surface area contributed by atoms with Crippen LogP contribution in [0.3, 0.4) is 0 Å². The second kappa shape index (κ2) is 5.63. The molecule has 0 atom stereocenters. The Balaban J connectivity index is 2.30. The van der Waals surface area contributed by atoms with Gasteiger partial charge in [0.15, 0.2) is 9.84 Å². The van der Waals surface area contributed by atoms with Crippen molar-refractivity contribution < 1.29 is 12.8 Å². The zero-order valence-corrected chi connectivity index (χ0v) is 12.0. The summed E-state index contributed by atoms with van der Waals surface area (Å²) in [6.45, 7) is 2.03. The van der Waals surface area contributed by atoms with E-state index in [2.05, 4.69) is 0 Å². The average Bonchev–Trinajstić information content (AvgIpc) is 2.38. The van der Waals surface area contributed by atoms with Crippen LogP contribution >= 0.6 is 0 Å². The summed E-state index contributed by atoms with van der Waals surface area (Å²) in [7, 11) is -3.57. The van der Waals surface area contributed by atoms with Gasteiger partial charge in [-0.05, 0) is 35.7 Å². The van der Waals surface area contributed by atoms with E-state index < -0.39 is 15.7 Å². The van der Waals surface area contributed by atoms with Crippen molar-refractivity contribution in [3.63, 3.8) is 0 Å². The third kappa shape index (κ3) is 3.17. The molecule has 0 unspecified atom stereocenters. The summed E-state index contributed by atoms with van der Waals surface area (Å²) in [5, 5.41) is 0. The number of hydrogen-bond donors (Lipinski definition) is 1. The van der Waals surface area contributed by atoms with Gasteiger partial charge in [-0.3, -0.25) is 0 Å². The Hall–Kier alpha value is -1.88. The van der Waals surface area contributed by atoms with E-state index in [9.17, 15) is 12.8 Å². The maximum Gasteiger partial charge on any atom is 0.184 e. The summed E-state index contributed by atoms with van der Waals surface area (Å²) in [5.74, 6) is -0.693. The Morgan fingerprint density at radius 3 is 2.20 bits per heavy atom. The second-order valence-electron chi connectivity index (χ2n) is 4.61. The number of nitrogens with two attached hydrogens (primary N) is 1. The van der Waals surface area contributed by atoms with Gasteiger partial charge in [-0.25, -0.2) is 12.8 Å². The lowest BCUT2D eigenvalue weighted by Gasteiger charge is -2.08. The van der Waals surface area contributed by atoms with E-state index in [0.717, 1.165) is 24.1 Å². The van der Waals surface area contributed by atoms with Gasteiger partial charge in [0.25, 0.3) is 0 Å². The van der Waals surface area contributed by atoms with Gasteiger partial charge in [0.1, 0.15) is 5.82 Å². The van der Waals surface area contributed by atoms with Crippen molar-refractivity contribution in [2.75, 3.05) is 5.73 Å². The first-order chi connectivity index (χ1) is 9.42. The molecule has 0 aliphatic heterocycles. The molecular weight excluding hydrogens is 277 g/mol. The molecule has 0 aliphatic carbocycles. The highest BCUT2D eigenvalue weighted by Gasteiger charge is 2.18. The molecule has 3 nitrogen and oxygen atoms in total. The normalized spacial score (nSPS) is 11.5. The fourth-order valence-electron chi connectivity index (χ4n) is 1.97. The molecule has 0 saturated heterocycles. The molecule has 2 rings (SSSR count). The van der Waals surface area contributed by atoms with E-state index in [1.54, 1.807) is 12.1 Å². The summed E-state index contributed by atoms with van der Waals surface area (Å²) < 4.78 is 37.5. The number of rotatable bonds is 4. The lowest BCUT2D eigenvalue weighted by Crippen LogP contribution is -2.08. The zero-order valence-electron chi connectivity index (χ0n) is 11.1. The Morgan fingerprint density at radius 1 is 1.05 bits per heavy atom. The zero-order chi connectivity index (χ0) is 14.8. The number of nitrogen functional groups attached to an aromatic ring is 1. The lowest BCUT2D eigenvalue weighted by molar-refractivity contribution is 0.594. The highest BCUT2D eigenvalue weighted by Crippen LogP contribution is 2.23. The monoisotopic (exact) mass is 293 g/mol. The van der Waals surface area contributed by atoms with Crippen LogP contribution in [0.1, 0.15) is 18.1 Å². The molecule has 5 heteroatoms. The average molecular weight is 293 g/mol. The molecule has 0 bridgehead atoms. The molecule has 0 radical (unpaired) electrons. The van der Waals surface area contributed by atoms with E-state index in [1.165, 1.54) is 6.07 Å². The maximum absolute atomic E-state index is 13.0. The predicted octanol–water partition coefficient (Wildman–Crippen LogP) is 2.94. The summed E-state index contributed by atoms with van der Waals surface area (Å²) >= 11 is 0. The summed E-state index contributed by atoms with van der Waals surface area (Å²) in [5.41, 5.74) is 7.36. The molecule has 0 aromatic heterocycles. The topological polar surface area (TPSA) is 60.2 Å². The summed E-state index contributed by atoms with van der Waals surface area (Å²) in [6, 6.07) is 10.7. The van der Waals surface area contributed by atoms with Gasteiger partial charge in [0.2, 0.25) is 0 Å². The Bertz CT molecular complexity index is 709. The minimum atomic E-state index is -3.57.